The summed E-state index contributed by atoms with van der Waals surface area (Å²) in [5.74, 6) is -1.29. The normalized spacial score (nSPS) is 24.8. The van der Waals surface area contributed by atoms with Crippen LogP contribution in [0.4, 0.5) is 0 Å². The van der Waals surface area contributed by atoms with Gasteiger partial charge in [-0.25, -0.2) is 0 Å². The summed E-state index contributed by atoms with van der Waals surface area (Å²) in [6, 6.07) is 0. The van der Waals surface area contributed by atoms with E-state index in [4.69, 9.17) is 15.8 Å². The number of rotatable bonds is 12. The number of nitrogens with zero attached hydrogens (tertiary/aromatic N) is 2. The van der Waals surface area contributed by atoms with Crippen molar-refractivity contribution in [3.8, 4) is 0 Å². The molecule has 0 aromatic carbocycles. The van der Waals surface area contributed by atoms with Crippen molar-refractivity contribution >= 4 is 23.3 Å². The molecule has 0 amide bonds. The summed E-state index contributed by atoms with van der Waals surface area (Å²) in [6.07, 6.45) is 1.60. The van der Waals surface area contributed by atoms with Crippen molar-refractivity contribution in [3.63, 3.8) is 0 Å². The predicted octanol–water partition coefficient (Wildman–Crippen LogP) is 0.202. The van der Waals surface area contributed by atoms with Gasteiger partial charge < -0.3 is 20.9 Å². The van der Waals surface area contributed by atoms with Gasteiger partial charge in [-0.3, -0.25) is 4.79 Å². The summed E-state index contributed by atoms with van der Waals surface area (Å²) in [7, 11) is -5.32. The molecule has 28 heavy (non-hydrogen) atoms. The summed E-state index contributed by atoms with van der Waals surface area (Å²) >= 11 is 0. The summed E-state index contributed by atoms with van der Waals surface area (Å²) in [5, 5.41) is 27.6. The number of carboxylic acid groups (broad SMARTS) is 1. The fourth-order valence-corrected chi connectivity index (χ4v) is 5.61. The molecule has 9 nitrogen and oxygen atoms in total. The van der Waals surface area contributed by atoms with Gasteiger partial charge in [-0.1, -0.05) is 40.5 Å². The van der Waals surface area contributed by atoms with Crippen molar-refractivity contribution in [3.05, 3.63) is 0 Å². The molecule has 1 rings (SSSR count). The van der Waals surface area contributed by atoms with E-state index in [0.717, 1.165) is 6.42 Å². The third-order valence-electron chi connectivity index (χ3n) is 5.91. The van der Waals surface area contributed by atoms with Crippen LogP contribution in [0, 0.1) is 17.8 Å². The van der Waals surface area contributed by atoms with Gasteiger partial charge >= 0.3 is 13.1 Å². The Bertz CT molecular complexity index is 618. The lowest BCUT2D eigenvalue weighted by Crippen LogP contribution is -2.55. The molecule has 1 heterocycles. The molecular formula is C17H36BN3O6S. The first kappa shape index (κ1) is 25.3. The Morgan fingerprint density at radius 1 is 1.36 bits per heavy atom. The van der Waals surface area contributed by atoms with Crippen LogP contribution in [0.2, 0.25) is 6.32 Å². The average Bonchev–Trinajstić information content (AvgIpc) is 2.94. The Morgan fingerprint density at radius 3 is 2.39 bits per heavy atom. The molecule has 0 aromatic heterocycles. The van der Waals surface area contributed by atoms with Gasteiger partial charge in [-0.05, 0) is 24.6 Å². The highest BCUT2D eigenvalue weighted by Crippen LogP contribution is 2.33. The van der Waals surface area contributed by atoms with Crippen LogP contribution < -0.4 is 5.73 Å². The molecule has 1 fully saturated rings. The average molecular weight is 421 g/mol. The van der Waals surface area contributed by atoms with Crippen molar-refractivity contribution in [1.82, 2.24) is 8.61 Å². The highest BCUT2D eigenvalue weighted by molar-refractivity contribution is 7.86. The van der Waals surface area contributed by atoms with Crippen LogP contribution in [-0.2, 0) is 15.0 Å². The molecule has 1 aliphatic rings. The van der Waals surface area contributed by atoms with Gasteiger partial charge in [-0.2, -0.15) is 17.0 Å². The Hall–Kier alpha value is -0.715. The zero-order chi connectivity index (χ0) is 21.7. The SMILES string of the molecule is CC[C@@H](CN(CC)S(=O)(=O)N1C[C@H](CCCB(O)O)[C@](N)(C(=O)O)C1)C(C)C. The Labute approximate surface area is 169 Å². The van der Waals surface area contributed by atoms with Gasteiger partial charge in [0.25, 0.3) is 10.2 Å². The minimum absolute atomic E-state index is 0.0155. The van der Waals surface area contributed by atoms with Crippen molar-refractivity contribution in [2.24, 2.45) is 23.5 Å². The molecule has 11 heteroatoms. The highest BCUT2D eigenvalue weighted by Gasteiger charge is 2.53. The summed E-state index contributed by atoms with van der Waals surface area (Å²) < 4.78 is 29.0. The van der Waals surface area contributed by atoms with Gasteiger partial charge in [0.2, 0.25) is 0 Å². The Morgan fingerprint density at radius 2 is 1.96 bits per heavy atom. The molecule has 0 radical (unpaired) electrons. The topological polar surface area (TPSA) is 144 Å². The minimum atomic E-state index is -3.84. The van der Waals surface area contributed by atoms with Crippen molar-refractivity contribution < 1.29 is 28.4 Å². The van der Waals surface area contributed by atoms with Gasteiger partial charge in [-0.15, -0.1) is 0 Å². The number of hydrogen-bond donors (Lipinski definition) is 4. The van der Waals surface area contributed by atoms with Crippen LogP contribution >= 0.6 is 0 Å². The largest absolute Gasteiger partial charge is 0.480 e. The van der Waals surface area contributed by atoms with E-state index in [1.54, 1.807) is 6.92 Å². The van der Waals surface area contributed by atoms with E-state index in [1.807, 2.05) is 6.92 Å². The molecule has 0 aliphatic carbocycles. The smallest absolute Gasteiger partial charge is 0.451 e. The Kier molecular flexibility index (Phi) is 9.36. The molecule has 0 unspecified atom stereocenters. The molecule has 0 spiro atoms. The molecule has 3 atom stereocenters. The number of nitrogens with two attached hydrogens (primary N) is 1. The fourth-order valence-electron chi connectivity index (χ4n) is 3.83. The summed E-state index contributed by atoms with van der Waals surface area (Å²) in [6.45, 7) is 8.34. The van der Waals surface area contributed by atoms with Gasteiger partial charge in [0.1, 0.15) is 5.54 Å². The fraction of sp³-hybridized carbons (Fsp3) is 0.941. The summed E-state index contributed by atoms with van der Waals surface area (Å²) in [4.78, 5) is 11.8. The second-order valence-corrected chi connectivity index (χ2v) is 10.0. The lowest BCUT2D eigenvalue weighted by atomic mass is 9.78. The molecule has 1 saturated heterocycles. The quantitative estimate of drug-likeness (QED) is 0.330. The monoisotopic (exact) mass is 421 g/mol. The first-order valence-electron chi connectivity index (χ1n) is 10.0. The van der Waals surface area contributed by atoms with Gasteiger partial charge in [0.05, 0.1) is 0 Å². The van der Waals surface area contributed by atoms with E-state index in [9.17, 15) is 18.3 Å². The number of carboxylic acids is 1. The predicted molar refractivity (Wildman–Crippen MR) is 109 cm³/mol. The van der Waals surface area contributed by atoms with Crippen LogP contribution in [0.3, 0.4) is 0 Å². The lowest BCUT2D eigenvalue weighted by Gasteiger charge is -2.31. The van der Waals surface area contributed by atoms with E-state index in [0.29, 0.717) is 31.8 Å². The molecular weight excluding hydrogens is 385 g/mol. The van der Waals surface area contributed by atoms with Crippen LogP contribution in [0.25, 0.3) is 0 Å². The third-order valence-corrected chi connectivity index (χ3v) is 7.90. The first-order valence-corrected chi connectivity index (χ1v) is 11.4. The van der Waals surface area contributed by atoms with E-state index in [1.165, 1.54) is 8.61 Å². The molecule has 0 saturated carbocycles. The van der Waals surface area contributed by atoms with Crippen LogP contribution in [0.1, 0.15) is 47.0 Å². The molecule has 5 N–H and O–H groups in total. The molecule has 0 aromatic rings. The van der Waals surface area contributed by atoms with Gasteiger partial charge in [0, 0.05) is 32.1 Å². The lowest BCUT2D eigenvalue weighted by molar-refractivity contribution is -0.144. The highest BCUT2D eigenvalue weighted by atomic mass is 32.2. The van der Waals surface area contributed by atoms with E-state index in [2.05, 4.69) is 13.8 Å². The third kappa shape index (κ3) is 5.90. The minimum Gasteiger partial charge on any atom is -0.480 e. The van der Waals surface area contributed by atoms with Crippen LogP contribution in [-0.4, -0.2) is 77.0 Å². The van der Waals surface area contributed by atoms with Gasteiger partial charge in [0.15, 0.2) is 0 Å². The second kappa shape index (κ2) is 10.4. The number of hydrogen-bond acceptors (Lipinski definition) is 6. The maximum Gasteiger partial charge on any atom is 0.451 e. The zero-order valence-electron chi connectivity index (χ0n) is 17.4. The summed E-state index contributed by atoms with van der Waals surface area (Å²) in [5.41, 5.74) is 4.43. The molecule has 164 valence electrons. The first-order chi connectivity index (χ1) is 12.9. The van der Waals surface area contributed by atoms with Crippen molar-refractivity contribution in [2.45, 2.75) is 58.8 Å². The van der Waals surface area contributed by atoms with Crippen LogP contribution in [0.5, 0.6) is 0 Å². The van der Waals surface area contributed by atoms with Crippen LogP contribution in [0.15, 0.2) is 0 Å². The molecule has 0 bridgehead atoms. The van der Waals surface area contributed by atoms with Crippen molar-refractivity contribution in [2.75, 3.05) is 26.2 Å². The number of aliphatic carboxylic acids is 1. The van der Waals surface area contributed by atoms with E-state index >= 15 is 0 Å². The van der Waals surface area contributed by atoms with Crippen molar-refractivity contribution in [1.29, 1.82) is 0 Å². The maximum atomic E-state index is 13.2. The maximum absolute atomic E-state index is 13.2. The second-order valence-electron chi connectivity index (χ2n) is 8.12. The molecule has 1 aliphatic heterocycles. The zero-order valence-corrected chi connectivity index (χ0v) is 18.2. The van der Waals surface area contributed by atoms with E-state index in [-0.39, 0.29) is 25.3 Å². The van der Waals surface area contributed by atoms with E-state index < -0.39 is 34.8 Å². The number of carbonyl (C=O) groups is 1. The Balaban J connectivity index is 3.01. The standard InChI is InChI=1S/C17H36BN3O6S/c1-5-14(13(3)4)10-20(6-2)28(26,27)21-11-15(8-7-9-18(24)25)17(19,12-21)16(22)23/h13-15,24-25H,5-12,19H2,1-4H3,(H,22,23)/t14-,15-,17-/m0/s1.